The molecule has 21 heavy (non-hydrogen) atoms. The molecule has 2 aromatic heterocycles. The summed E-state index contributed by atoms with van der Waals surface area (Å²) in [7, 11) is 0. The minimum Gasteiger partial charge on any atom is -0.464 e. The van der Waals surface area contributed by atoms with Crippen LogP contribution in [0.3, 0.4) is 0 Å². The summed E-state index contributed by atoms with van der Waals surface area (Å²) in [6.07, 6.45) is 5.67. The molecule has 1 aliphatic heterocycles. The first-order valence-electron chi connectivity index (χ1n) is 7.66. The van der Waals surface area contributed by atoms with Crippen LogP contribution in [0.4, 0.5) is 0 Å². The molecule has 112 valence electrons. The van der Waals surface area contributed by atoms with Crippen LogP contribution in [0.5, 0.6) is 0 Å². The summed E-state index contributed by atoms with van der Waals surface area (Å²) in [6, 6.07) is 8.57. The van der Waals surface area contributed by atoms with Crippen molar-refractivity contribution >= 4 is 0 Å². The van der Waals surface area contributed by atoms with Crippen LogP contribution in [0, 0.1) is 0 Å². The first-order valence-corrected chi connectivity index (χ1v) is 7.66. The van der Waals surface area contributed by atoms with E-state index >= 15 is 0 Å². The van der Waals surface area contributed by atoms with E-state index in [1.165, 1.54) is 5.56 Å². The molecule has 0 spiro atoms. The standard InChI is InChI=1S/C17H22N2O2/c1-2-15-3-4-17(21-15)16-13-20-12-11-19(16)10-7-14-5-8-18-9-6-14/h3-6,8-9,16H,2,7,10-13H2,1H3/t16-/m1/s1. The fourth-order valence-electron chi connectivity index (χ4n) is 2.75. The summed E-state index contributed by atoms with van der Waals surface area (Å²) in [5.74, 6) is 2.07. The Morgan fingerprint density at radius 2 is 2.10 bits per heavy atom. The van der Waals surface area contributed by atoms with E-state index in [0.29, 0.717) is 6.61 Å². The van der Waals surface area contributed by atoms with E-state index in [2.05, 4.69) is 41.1 Å². The van der Waals surface area contributed by atoms with Gasteiger partial charge in [0.05, 0.1) is 19.3 Å². The molecule has 4 heteroatoms. The van der Waals surface area contributed by atoms with Crippen LogP contribution < -0.4 is 0 Å². The minimum atomic E-state index is 0.237. The van der Waals surface area contributed by atoms with Gasteiger partial charge in [-0.25, -0.2) is 0 Å². The molecule has 1 atom stereocenters. The van der Waals surface area contributed by atoms with E-state index in [4.69, 9.17) is 9.15 Å². The molecular weight excluding hydrogens is 264 g/mol. The number of rotatable bonds is 5. The zero-order valence-corrected chi connectivity index (χ0v) is 12.5. The van der Waals surface area contributed by atoms with Crippen LogP contribution in [-0.2, 0) is 17.6 Å². The quantitative estimate of drug-likeness (QED) is 0.847. The number of hydrogen-bond acceptors (Lipinski definition) is 4. The average Bonchev–Trinajstić information content (AvgIpc) is 3.03. The number of hydrogen-bond donors (Lipinski definition) is 0. The third-order valence-electron chi connectivity index (χ3n) is 4.04. The number of pyridine rings is 1. The van der Waals surface area contributed by atoms with Crippen molar-refractivity contribution in [2.45, 2.75) is 25.8 Å². The second-order valence-electron chi connectivity index (χ2n) is 5.39. The van der Waals surface area contributed by atoms with Crippen LogP contribution in [0.25, 0.3) is 0 Å². The van der Waals surface area contributed by atoms with E-state index in [0.717, 1.165) is 44.1 Å². The van der Waals surface area contributed by atoms with Crippen molar-refractivity contribution in [3.63, 3.8) is 0 Å². The molecule has 3 heterocycles. The van der Waals surface area contributed by atoms with Crippen molar-refractivity contribution in [1.82, 2.24) is 9.88 Å². The zero-order chi connectivity index (χ0) is 14.5. The molecular formula is C17H22N2O2. The molecule has 1 fully saturated rings. The molecule has 0 radical (unpaired) electrons. The lowest BCUT2D eigenvalue weighted by molar-refractivity contribution is -0.0157. The summed E-state index contributed by atoms with van der Waals surface area (Å²) in [4.78, 5) is 6.53. The molecule has 0 unspecified atom stereocenters. The van der Waals surface area contributed by atoms with Crippen molar-refractivity contribution in [3.8, 4) is 0 Å². The third-order valence-corrected chi connectivity index (χ3v) is 4.04. The molecule has 0 N–H and O–H groups in total. The van der Waals surface area contributed by atoms with Gasteiger partial charge in [-0.05, 0) is 36.2 Å². The van der Waals surface area contributed by atoms with Crippen LogP contribution in [-0.4, -0.2) is 36.2 Å². The Bertz CT molecular complexity index is 553. The van der Waals surface area contributed by atoms with Crippen molar-refractivity contribution < 1.29 is 9.15 Å². The topological polar surface area (TPSA) is 38.5 Å². The van der Waals surface area contributed by atoms with Gasteiger partial charge in [-0.3, -0.25) is 9.88 Å². The third kappa shape index (κ3) is 3.52. The molecule has 0 aliphatic carbocycles. The molecule has 0 bridgehead atoms. The van der Waals surface area contributed by atoms with Gasteiger partial charge in [0, 0.05) is 31.9 Å². The maximum Gasteiger partial charge on any atom is 0.123 e. The maximum atomic E-state index is 5.92. The zero-order valence-electron chi connectivity index (χ0n) is 12.5. The van der Waals surface area contributed by atoms with Crippen molar-refractivity contribution in [2.75, 3.05) is 26.3 Å². The summed E-state index contributed by atoms with van der Waals surface area (Å²) in [5.41, 5.74) is 1.32. The van der Waals surface area contributed by atoms with Gasteiger partial charge in [-0.2, -0.15) is 0 Å². The number of ether oxygens (including phenoxy) is 1. The number of aryl methyl sites for hydroxylation is 1. The van der Waals surface area contributed by atoms with Gasteiger partial charge in [-0.1, -0.05) is 6.92 Å². The van der Waals surface area contributed by atoms with Gasteiger partial charge in [0.15, 0.2) is 0 Å². The first-order chi connectivity index (χ1) is 10.4. The first kappa shape index (κ1) is 14.3. The Morgan fingerprint density at radius 3 is 2.86 bits per heavy atom. The lowest BCUT2D eigenvalue weighted by Gasteiger charge is -2.34. The number of morpholine rings is 1. The molecule has 3 rings (SSSR count). The summed E-state index contributed by atoms with van der Waals surface area (Å²) in [5, 5.41) is 0. The highest BCUT2D eigenvalue weighted by molar-refractivity contribution is 5.13. The van der Waals surface area contributed by atoms with Gasteiger partial charge in [0.25, 0.3) is 0 Å². The fraction of sp³-hybridized carbons (Fsp3) is 0.471. The van der Waals surface area contributed by atoms with Crippen LogP contribution in [0.15, 0.2) is 41.1 Å². The Kier molecular flexibility index (Phi) is 4.68. The molecule has 0 aromatic carbocycles. The molecule has 0 saturated carbocycles. The number of nitrogens with zero attached hydrogens (tertiary/aromatic N) is 2. The summed E-state index contributed by atoms with van der Waals surface area (Å²) < 4.78 is 11.6. The van der Waals surface area contributed by atoms with Gasteiger partial charge in [0.2, 0.25) is 0 Å². The summed E-state index contributed by atoms with van der Waals surface area (Å²) >= 11 is 0. The highest BCUT2D eigenvalue weighted by Gasteiger charge is 2.26. The summed E-state index contributed by atoms with van der Waals surface area (Å²) in [6.45, 7) is 5.60. The van der Waals surface area contributed by atoms with E-state index < -0.39 is 0 Å². The fourth-order valence-corrected chi connectivity index (χ4v) is 2.75. The predicted octanol–water partition coefficient (Wildman–Crippen LogP) is 2.85. The van der Waals surface area contributed by atoms with Crippen molar-refractivity contribution in [1.29, 1.82) is 0 Å². The van der Waals surface area contributed by atoms with Gasteiger partial charge in [-0.15, -0.1) is 0 Å². The van der Waals surface area contributed by atoms with Crippen molar-refractivity contribution in [3.05, 3.63) is 53.7 Å². The van der Waals surface area contributed by atoms with Gasteiger partial charge in [0.1, 0.15) is 11.5 Å². The molecule has 2 aromatic rings. The Morgan fingerprint density at radius 1 is 1.24 bits per heavy atom. The predicted molar refractivity (Wildman–Crippen MR) is 81.2 cm³/mol. The normalized spacial score (nSPS) is 19.8. The Labute approximate surface area is 125 Å². The second-order valence-corrected chi connectivity index (χ2v) is 5.39. The van der Waals surface area contributed by atoms with Gasteiger partial charge >= 0.3 is 0 Å². The van der Waals surface area contributed by atoms with E-state index in [9.17, 15) is 0 Å². The smallest absolute Gasteiger partial charge is 0.123 e. The second kappa shape index (κ2) is 6.87. The molecule has 1 saturated heterocycles. The van der Waals surface area contributed by atoms with Crippen LogP contribution in [0.2, 0.25) is 0 Å². The Balaban J connectivity index is 1.66. The lowest BCUT2D eigenvalue weighted by atomic mass is 10.1. The molecule has 0 amide bonds. The van der Waals surface area contributed by atoms with Gasteiger partial charge < -0.3 is 9.15 Å². The number of aromatic nitrogens is 1. The highest BCUT2D eigenvalue weighted by atomic mass is 16.5. The van der Waals surface area contributed by atoms with Crippen LogP contribution in [0.1, 0.15) is 30.0 Å². The van der Waals surface area contributed by atoms with Crippen LogP contribution >= 0.6 is 0 Å². The van der Waals surface area contributed by atoms with E-state index in [-0.39, 0.29) is 6.04 Å². The minimum absolute atomic E-state index is 0.237. The monoisotopic (exact) mass is 286 g/mol. The Hall–Kier alpha value is -1.65. The lowest BCUT2D eigenvalue weighted by Crippen LogP contribution is -2.40. The van der Waals surface area contributed by atoms with E-state index in [1.807, 2.05) is 12.4 Å². The molecule has 4 nitrogen and oxygen atoms in total. The van der Waals surface area contributed by atoms with Crippen molar-refractivity contribution in [2.24, 2.45) is 0 Å². The highest BCUT2D eigenvalue weighted by Crippen LogP contribution is 2.26. The van der Waals surface area contributed by atoms with E-state index in [1.54, 1.807) is 0 Å². The SMILES string of the molecule is CCc1ccc([C@H]2COCCN2CCc2ccncc2)o1. The molecule has 1 aliphatic rings. The average molecular weight is 286 g/mol. The maximum absolute atomic E-state index is 5.92. The number of furan rings is 1. The largest absolute Gasteiger partial charge is 0.464 e.